The molecule has 0 amide bonds. The Bertz CT molecular complexity index is 637. The fourth-order valence-corrected chi connectivity index (χ4v) is 2.53. The monoisotopic (exact) mass is 309 g/mol. The minimum Gasteiger partial charge on any atom is -0.454 e. The molecule has 2 aromatic rings. The lowest BCUT2D eigenvalue weighted by Gasteiger charge is -2.05. The first-order valence-electron chi connectivity index (χ1n) is 5.46. The van der Waals surface area contributed by atoms with Crippen LogP contribution in [0, 0.1) is 6.92 Å². The molecule has 0 fully saturated rings. The Balaban J connectivity index is 2.20. The Labute approximate surface area is 113 Å². The molecule has 0 bridgehead atoms. The number of nitrogens with zero attached hydrogens (tertiary/aromatic N) is 2. The van der Waals surface area contributed by atoms with Gasteiger partial charge in [-0.2, -0.15) is 5.10 Å². The summed E-state index contributed by atoms with van der Waals surface area (Å²) in [7, 11) is 1.81. The highest BCUT2D eigenvalue weighted by Crippen LogP contribution is 2.41. The Morgan fingerprint density at radius 1 is 1.33 bits per heavy atom. The predicted octanol–water partition coefficient (Wildman–Crippen LogP) is 2.47. The number of anilines is 1. The van der Waals surface area contributed by atoms with Gasteiger partial charge in [-0.15, -0.1) is 0 Å². The van der Waals surface area contributed by atoms with Crippen LogP contribution in [0.1, 0.15) is 5.56 Å². The molecule has 0 atom stereocenters. The number of aryl methyl sites for hydroxylation is 2. The van der Waals surface area contributed by atoms with E-state index in [1.165, 1.54) is 0 Å². The summed E-state index contributed by atoms with van der Waals surface area (Å²) in [6.07, 6.45) is 0. The minimum atomic E-state index is 0.268. The number of nitrogens with two attached hydrogens (primary N) is 1. The van der Waals surface area contributed by atoms with Crippen LogP contribution >= 0.6 is 15.9 Å². The van der Waals surface area contributed by atoms with Crippen LogP contribution in [-0.2, 0) is 7.05 Å². The van der Waals surface area contributed by atoms with Crippen molar-refractivity contribution < 1.29 is 9.47 Å². The van der Waals surface area contributed by atoms with Crippen molar-refractivity contribution in [3.05, 3.63) is 22.2 Å². The highest BCUT2D eigenvalue weighted by atomic mass is 79.9. The maximum absolute atomic E-state index is 5.90. The number of rotatable bonds is 1. The standard InChI is InChI=1S/C12H12BrN3O2/c1-6-3-8-9(18-5-17-8)4-7(6)11-10(13)12(14)16(2)15-11/h3-4H,5,14H2,1-2H3. The van der Waals surface area contributed by atoms with Crippen LogP contribution in [-0.4, -0.2) is 16.6 Å². The Morgan fingerprint density at radius 3 is 2.61 bits per heavy atom. The van der Waals surface area contributed by atoms with Crippen molar-refractivity contribution in [2.75, 3.05) is 12.5 Å². The lowest BCUT2D eigenvalue weighted by atomic mass is 10.0. The number of nitrogen functional groups attached to an aromatic ring is 1. The molecular formula is C12H12BrN3O2. The number of benzene rings is 1. The molecule has 0 unspecified atom stereocenters. The molecule has 6 heteroatoms. The van der Waals surface area contributed by atoms with Crippen molar-refractivity contribution in [2.45, 2.75) is 6.92 Å². The first kappa shape index (κ1) is 11.4. The van der Waals surface area contributed by atoms with E-state index in [1.54, 1.807) is 4.68 Å². The average molecular weight is 310 g/mol. The third kappa shape index (κ3) is 1.56. The first-order chi connectivity index (χ1) is 8.58. The van der Waals surface area contributed by atoms with Crippen LogP contribution in [0.4, 0.5) is 5.82 Å². The predicted molar refractivity (Wildman–Crippen MR) is 71.6 cm³/mol. The van der Waals surface area contributed by atoms with Crippen LogP contribution < -0.4 is 15.2 Å². The molecule has 2 heterocycles. The third-order valence-corrected chi connectivity index (χ3v) is 3.79. The summed E-state index contributed by atoms with van der Waals surface area (Å²) in [4.78, 5) is 0. The SMILES string of the molecule is Cc1cc2c(cc1-c1nn(C)c(N)c1Br)OCO2. The van der Waals surface area contributed by atoms with Gasteiger partial charge in [0.2, 0.25) is 6.79 Å². The van der Waals surface area contributed by atoms with E-state index in [0.29, 0.717) is 5.82 Å². The van der Waals surface area contributed by atoms with Crippen LogP contribution in [0.3, 0.4) is 0 Å². The van der Waals surface area contributed by atoms with Gasteiger partial charge >= 0.3 is 0 Å². The molecule has 0 saturated carbocycles. The number of fused-ring (bicyclic) bond motifs is 1. The molecule has 1 aromatic heterocycles. The van der Waals surface area contributed by atoms with Crippen molar-refractivity contribution in [1.82, 2.24) is 9.78 Å². The fraction of sp³-hybridized carbons (Fsp3) is 0.250. The number of hydrogen-bond acceptors (Lipinski definition) is 4. The lowest BCUT2D eigenvalue weighted by molar-refractivity contribution is 0.174. The van der Waals surface area contributed by atoms with E-state index in [1.807, 2.05) is 26.1 Å². The second-order valence-electron chi connectivity index (χ2n) is 4.19. The normalized spacial score (nSPS) is 13.1. The van der Waals surface area contributed by atoms with Gasteiger partial charge in [-0.3, -0.25) is 4.68 Å². The second kappa shape index (κ2) is 3.91. The molecule has 3 rings (SSSR count). The van der Waals surface area contributed by atoms with E-state index in [2.05, 4.69) is 21.0 Å². The topological polar surface area (TPSA) is 62.3 Å². The molecule has 1 aromatic carbocycles. The molecular weight excluding hydrogens is 298 g/mol. The number of aromatic nitrogens is 2. The zero-order valence-electron chi connectivity index (χ0n) is 10.0. The van der Waals surface area contributed by atoms with Gasteiger partial charge in [-0.1, -0.05) is 0 Å². The first-order valence-corrected chi connectivity index (χ1v) is 6.26. The van der Waals surface area contributed by atoms with Gasteiger partial charge in [0, 0.05) is 12.6 Å². The van der Waals surface area contributed by atoms with Crippen molar-refractivity contribution in [2.24, 2.45) is 7.05 Å². The van der Waals surface area contributed by atoms with Gasteiger partial charge in [0.25, 0.3) is 0 Å². The van der Waals surface area contributed by atoms with Gasteiger partial charge in [0.1, 0.15) is 11.5 Å². The molecule has 1 aliphatic rings. The summed E-state index contributed by atoms with van der Waals surface area (Å²) in [5.41, 5.74) is 8.76. The molecule has 5 nitrogen and oxygen atoms in total. The number of ether oxygens (including phenoxy) is 2. The quantitative estimate of drug-likeness (QED) is 0.879. The van der Waals surface area contributed by atoms with E-state index in [-0.39, 0.29) is 6.79 Å². The van der Waals surface area contributed by atoms with E-state index in [0.717, 1.165) is 32.8 Å². The summed E-state index contributed by atoms with van der Waals surface area (Å²) in [6, 6.07) is 3.89. The summed E-state index contributed by atoms with van der Waals surface area (Å²) in [6.45, 7) is 2.28. The zero-order chi connectivity index (χ0) is 12.9. The van der Waals surface area contributed by atoms with Gasteiger partial charge in [0.15, 0.2) is 11.5 Å². The zero-order valence-corrected chi connectivity index (χ0v) is 11.6. The molecule has 0 aliphatic carbocycles. The smallest absolute Gasteiger partial charge is 0.231 e. The van der Waals surface area contributed by atoms with E-state index < -0.39 is 0 Å². The summed E-state index contributed by atoms with van der Waals surface area (Å²) in [5.74, 6) is 2.12. The van der Waals surface area contributed by atoms with Crippen molar-refractivity contribution in [1.29, 1.82) is 0 Å². The molecule has 1 aliphatic heterocycles. The highest BCUT2D eigenvalue weighted by Gasteiger charge is 2.20. The van der Waals surface area contributed by atoms with Crippen molar-refractivity contribution >= 4 is 21.7 Å². The van der Waals surface area contributed by atoms with Crippen LogP contribution in [0.15, 0.2) is 16.6 Å². The van der Waals surface area contributed by atoms with Crippen molar-refractivity contribution in [3.63, 3.8) is 0 Å². The fourth-order valence-electron chi connectivity index (χ4n) is 1.98. The summed E-state index contributed by atoms with van der Waals surface area (Å²) >= 11 is 3.47. The molecule has 94 valence electrons. The van der Waals surface area contributed by atoms with E-state index in [4.69, 9.17) is 15.2 Å². The van der Waals surface area contributed by atoms with Crippen LogP contribution in [0.2, 0.25) is 0 Å². The van der Waals surface area contributed by atoms with Gasteiger partial charge in [0.05, 0.1) is 4.47 Å². The molecule has 2 N–H and O–H groups in total. The van der Waals surface area contributed by atoms with E-state index in [9.17, 15) is 0 Å². The molecule has 0 spiro atoms. The second-order valence-corrected chi connectivity index (χ2v) is 4.98. The molecule has 18 heavy (non-hydrogen) atoms. The molecule has 0 radical (unpaired) electrons. The molecule has 0 saturated heterocycles. The summed E-state index contributed by atoms with van der Waals surface area (Å²) < 4.78 is 13.2. The highest BCUT2D eigenvalue weighted by molar-refractivity contribution is 9.10. The number of halogens is 1. The Hall–Kier alpha value is -1.69. The minimum absolute atomic E-state index is 0.268. The van der Waals surface area contributed by atoms with Crippen LogP contribution in [0.25, 0.3) is 11.3 Å². The van der Waals surface area contributed by atoms with Crippen molar-refractivity contribution in [3.8, 4) is 22.8 Å². The lowest BCUT2D eigenvalue weighted by Crippen LogP contribution is -1.97. The average Bonchev–Trinajstić information content (AvgIpc) is 2.88. The maximum Gasteiger partial charge on any atom is 0.231 e. The van der Waals surface area contributed by atoms with Gasteiger partial charge in [-0.05, 0) is 40.5 Å². The third-order valence-electron chi connectivity index (χ3n) is 3.01. The summed E-state index contributed by atoms with van der Waals surface area (Å²) in [5, 5.41) is 4.41. The maximum atomic E-state index is 5.90. The van der Waals surface area contributed by atoms with Gasteiger partial charge < -0.3 is 15.2 Å². The van der Waals surface area contributed by atoms with E-state index >= 15 is 0 Å². The number of hydrogen-bond donors (Lipinski definition) is 1. The van der Waals surface area contributed by atoms with Gasteiger partial charge in [-0.25, -0.2) is 0 Å². The van der Waals surface area contributed by atoms with Crippen LogP contribution in [0.5, 0.6) is 11.5 Å². The Morgan fingerprint density at radius 2 is 2.00 bits per heavy atom. The largest absolute Gasteiger partial charge is 0.454 e. The Kier molecular flexibility index (Phi) is 2.48.